The lowest BCUT2D eigenvalue weighted by molar-refractivity contribution is 0.431. The number of hydrogen-bond donors (Lipinski definition) is 1. The molecule has 2 aromatic rings. The van der Waals surface area contributed by atoms with Gasteiger partial charge in [-0.05, 0) is 33.6 Å². The van der Waals surface area contributed by atoms with Gasteiger partial charge in [-0.15, -0.1) is 0 Å². The first-order chi connectivity index (χ1) is 9.20. The van der Waals surface area contributed by atoms with Crippen molar-refractivity contribution in [3.8, 4) is 11.3 Å². The molecule has 0 amide bonds. The third-order valence-corrected chi connectivity index (χ3v) is 3.71. The molecule has 5 heteroatoms. The fourth-order valence-corrected chi connectivity index (χ4v) is 2.47. The van der Waals surface area contributed by atoms with Crippen molar-refractivity contribution in [1.82, 2.24) is 20.3 Å². The quantitative estimate of drug-likeness (QED) is 0.897. The van der Waals surface area contributed by atoms with E-state index in [0.29, 0.717) is 6.04 Å². The molecule has 1 N–H and O–H groups in total. The summed E-state index contributed by atoms with van der Waals surface area (Å²) in [7, 11) is 0. The lowest BCUT2D eigenvalue weighted by Gasteiger charge is -2.04. The monoisotopic (exact) mass is 260 g/mol. The molecule has 0 radical (unpaired) electrons. The second-order valence-electron chi connectivity index (χ2n) is 5.20. The Balaban J connectivity index is 1.92. The van der Waals surface area contributed by atoms with Crippen LogP contribution in [0.2, 0.25) is 0 Å². The van der Waals surface area contributed by atoms with Gasteiger partial charge in [-0.1, -0.05) is 5.16 Å². The second kappa shape index (κ2) is 4.81. The summed E-state index contributed by atoms with van der Waals surface area (Å²) in [6.07, 6.45) is 4.38. The van der Waals surface area contributed by atoms with E-state index in [4.69, 9.17) is 4.52 Å². The maximum Gasteiger partial charge on any atom is 0.175 e. The van der Waals surface area contributed by atoms with E-state index >= 15 is 0 Å². The van der Waals surface area contributed by atoms with Crippen LogP contribution in [0.25, 0.3) is 11.3 Å². The van der Waals surface area contributed by atoms with Crippen LogP contribution in [0.4, 0.5) is 0 Å². The van der Waals surface area contributed by atoms with Crippen LogP contribution in [-0.2, 0) is 13.1 Å². The average molecular weight is 260 g/mol. The number of rotatable bonds is 5. The number of nitrogens with zero attached hydrogens (tertiary/aromatic N) is 3. The van der Waals surface area contributed by atoms with Crippen molar-refractivity contribution in [2.45, 2.75) is 52.7 Å². The minimum atomic E-state index is 0.684. The van der Waals surface area contributed by atoms with E-state index < -0.39 is 0 Å². The van der Waals surface area contributed by atoms with Gasteiger partial charge in [0, 0.05) is 30.4 Å². The SMILES string of the molecule is CCn1nc(C)c(-c2oncc2CNC2CC2)c1C. The van der Waals surface area contributed by atoms with E-state index in [2.05, 4.69) is 29.4 Å². The summed E-state index contributed by atoms with van der Waals surface area (Å²) < 4.78 is 7.48. The van der Waals surface area contributed by atoms with Crippen LogP contribution in [0.15, 0.2) is 10.7 Å². The molecule has 0 aliphatic heterocycles. The molecule has 5 nitrogen and oxygen atoms in total. The third-order valence-electron chi connectivity index (χ3n) is 3.71. The van der Waals surface area contributed by atoms with Gasteiger partial charge in [0.2, 0.25) is 0 Å². The molecular formula is C14H20N4O. The molecule has 1 saturated carbocycles. The van der Waals surface area contributed by atoms with Crippen molar-refractivity contribution in [2.24, 2.45) is 0 Å². The minimum Gasteiger partial charge on any atom is -0.356 e. The molecule has 1 aliphatic carbocycles. The van der Waals surface area contributed by atoms with Crippen molar-refractivity contribution < 1.29 is 4.52 Å². The van der Waals surface area contributed by atoms with Crippen molar-refractivity contribution in [3.05, 3.63) is 23.1 Å². The van der Waals surface area contributed by atoms with Crippen LogP contribution in [0.1, 0.15) is 36.7 Å². The highest BCUT2D eigenvalue weighted by Crippen LogP contribution is 2.30. The molecule has 1 fully saturated rings. The van der Waals surface area contributed by atoms with E-state index in [1.54, 1.807) is 0 Å². The van der Waals surface area contributed by atoms with Crippen LogP contribution < -0.4 is 5.32 Å². The Morgan fingerprint density at radius 2 is 2.21 bits per heavy atom. The Morgan fingerprint density at radius 3 is 2.84 bits per heavy atom. The van der Waals surface area contributed by atoms with Crippen molar-refractivity contribution >= 4 is 0 Å². The van der Waals surface area contributed by atoms with Gasteiger partial charge >= 0.3 is 0 Å². The smallest absolute Gasteiger partial charge is 0.175 e. The number of aromatic nitrogens is 3. The largest absolute Gasteiger partial charge is 0.356 e. The fourth-order valence-electron chi connectivity index (χ4n) is 2.47. The predicted molar refractivity (Wildman–Crippen MR) is 72.7 cm³/mol. The van der Waals surface area contributed by atoms with Crippen LogP contribution >= 0.6 is 0 Å². The van der Waals surface area contributed by atoms with Gasteiger partial charge in [0.25, 0.3) is 0 Å². The van der Waals surface area contributed by atoms with Gasteiger partial charge in [-0.3, -0.25) is 4.68 Å². The van der Waals surface area contributed by atoms with E-state index in [9.17, 15) is 0 Å². The van der Waals surface area contributed by atoms with Gasteiger partial charge in [-0.25, -0.2) is 0 Å². The van der Waals surface area contributed by atoms with E-state index in [-0.39, 0.29) is 0 Å². The van der Waals surface area contributed by atoms with Gasteiger partial charge in [-0.2, -0.15) is 5.10 Å². The zero-order valence-corrected chi connectivity index (χ0v) is 11.7. The standard InChI is InChI=1S/C14H20N4O/c1-4-18-10(3)13(9(2)17-18)14-11(8-16-19-14)7-15-12-5-6-12/h8,12,15H,4-7H2,1-3H3. The molecule has 102 valence electrons. The Labute approximate surface area is 113 Å². The highest BCUT2D eigenvalue weighted by atomic mass is 16.5. The summed E-state index contributed by atoms with van der Waals surface area (Å²) in [4.78, 5) is 0. The van der Waals surface area contributed by atoms with Crippen LogP contribution in [0.3, 0.4) is 0 Å². The summed E-state index contributed by atoms with van der Waals surface area (Å²) in [6.45, 7) is 7.89. The van der Waals surface area contributed by atoms with Gasteiger partial charge in [0.1, 0.15) is 0 Å². The van der Waals surface area contributed by atoms with Gasteiger partial charge < -0.3 is 9.84 Å². The topological polar surface area (TPSA) is 55.9 Å². The molecule has 1 aliphatic rings. The molecular weight excluding hydrogens is 240 g/mol. The van der Waals surface area contributed by atoms with Gasteiger partial charge in [0.15, 0.2) is 5.76 Å². The predicted octanol–water partition coefficient (Wildman–Crippen LogP) is 2.43. The lowest BCUT2D eigenvalue weighted by Crippen LogP contribution is -2.15. The highest BCUT2D eigenvalue weighted by molar-refractivity contribution is 5.66. The van der Waals surface area contributed by atoms with Crippen molar-refractivity contribution in [2.75, 3.05) is 0 Å². The molecule has 0 bridgehead atoms. The Hall–Kier alpha value is -1.62. The number of aryl methyl sites for hydroxylation is 2. The third kappa shape index (κ3) is 2.30. The summed E-state index contributed by atoms with van der Waals surface area (Å²) in [5.74, 6) is 0.864. The summed E-state index contributed by atoms with van der Waals surface area (Å²) >= 11 is 0. The zero-order valence-electron chi connectivity index (χ0n) is 11.7. The van der Waals surface area contributed by atoms with Crippen LogP contribution in [0.5, 0.6) is 0 Å². The summed E-state index contributed by atoms with van der Waals surface area (Å²) in [5, 5.41) is 12.0. The second-order valence-corrected chi connectivity index (χ2v) is 5.20. The number of nitrogens with one attached hydrogen (secondary N) is 1. The minimum absolute atomic E-state index is 0.684. The van der Waals surface area contributed by atoms with E-state index in [1.165, 1.54) is 12.8 Å². The van der Waals surface area contributed by atoms with Crippen molar-refractivity contribution in [3.63, 3.8) is 0 Å². The Morgan fingerprint density at radius 1 is 1.42 bits per heavy atom. The summed E-state index contributed by atoms with van der Waals surface area (Å²) in [5.41, 5.74) is 4.36. The first-order valence-electron chi connectivity index (χ1n) is 6.92. The molecule has 0 saturated heterocycles. The molecule has 2 aromatic heterocycles. The molecule has 3 rings (SSSR count). The molecule has 19 heavy (non-hydrogen) atoms. The maximum atomic E-state index is 5.48. The Bertz CT molecular complexity index is 580. The fraction of sp³-hybridized carbons (Fsp3) is 0.571. The molecule has 0 atom stereocenters. The van der Waals surface area contributed by atoms with Crippen molar-refractivity contribution in [1.29, 1.82) is 0 Å². The van der Waals surface area contributed by atoms with Crippen LogP contribution in [-0.4, -0.2) is 21.0 Å². The average Bonchev–Trinajstić information content (AvgIpc) is 3.05. The first kappa shape index (κ1) is 12.4. The zero-order chi connectivity index (χ0) is 13.4. The molecule has 0 aromatic carbocycles. The normalized spacial score (nSPS) is 15.1. The van der Waals surface area contributed by atoms with Gasteiger partial charge in [0.05, 0.1) is 17.5 Å². The van der Waals surface area contributed by atoms with Crippen LogP contribution in [0, 0.1) is 13.8 Å². The summed E-state index contributed by atoms with van der Waals surface area (Å²) in [6, 6.07) is 0.684. The van der Waals surface area contributed by atoms with E-state index in [0.717, 1.165) is 41.4 Å². The van der Waals surface area contributed by atoms with E-state index in [1.807, 2.05) is 17.8 Å². The molecule has 2 heterocycles. The lowest BCUT2D eigenvalue weighted by atomic mass is 10.1. The molecule has 0 unspecified atom stereocenters. The molecule has 0 spiro atoms. The first-order valence-corrected chi connectivity index (χ1v) is 6.92. The Kier molecular flexibility index (Phi) is 3.14. The highest BCUT2D eigenvalue weighted by Gasteiger charge is 2.23. The number of hydrogen-bond acceptors (Lipinski definition) is 4. The maximum absolute atomic E-state index is 5.48.